The van der Waals surface area contributed by atoms with E-state index in [2.05, 4.69) is 15.6 Å². The van der Waals surface area contributed by atoms with Crippen molar-refractivity contribution in [2.75, 3.05) is 13.2 Å². The third-order valence-corrected chi connectivity index (χ3v) is 2.44. The first-order valence-electron chi connectivity index (χ1n) is 4.74. The second kappa shape index (κ2) is 6.36. The molecule has 0 aliphatic heterocycles. The second-order valence-electron chi connectivity index (χ2n) is 3.21. The van der Waals surface area contributed by atoms with Crippen molar-refractivity contribution in [3.05, 3.63) is 16.6 Å². The Balaban J connectivity index is 2.12. The summed E-state index contributed by atoms with van der Waals surface area (Å²) in [7, 11) is 0. The molecule has 1 aromatic rings. The number of urea groups is 1. The summed E-state index contributed by atoms with van der Waals surface area (Å²) in [4.78, 5) is 15.3. The molecule has 1 unspecified atom stereocenters. The van der Waals surface area contributed by atoms with Crippen molar-refractivity contribution in [3.8, 4) is 0 Å². The number of nitrogens with zero attached hydrogens (tertiary/aromatic N) is 1. The fraction of sp³-hybridized carbons (Fsp3) is 0.556. The van der Waals surface area contributed by atoms with E-state index in [9.17, 15) is 4.79 Å². The predicted octanol–water partition coefficient (Wildman–Crippen LogP) is 0.366. The van der Waals surface area contributed by atoms with Crippen molar-refractivity contribution in [1.29, 1.82) is 0 Å². The van der Waals surface area contributed by atoms with E-state index in [0.29, 0.717) is 6.54 Å². The quantitative estimate of drug-likeness (QED) is 0.682. The summed E-state index contributed by atoms with van der Waals surface area (Å²) in [5.74, 6) is 0. The van der Waals surface area contributed by atoms with Crippen LogP contribution in [0.4, 0.5) is 4.79 Å². The predicted molar refractivity (Wildman–Crippen MR) is 58.9 cm³/mol. The summed E-state index contributed by atoms with van der Waals surface area (Å²) >= 11 is 1.54. The van der Waals surface area contributed by atoms with Gasteiger partial charge in [0.2, 0.25) is 0 Å². The van der Waals surface area contributed by atoms with Crippen LogP contribution in [0.15, 0.2) is 10.9 Å². The molecule has 1 atom stereocenters. The molecular weight excluding hydrogens is 214 g/mol. The van der Waals surface area contributed by atoms with Crippen LogP contribution in [0, 0.1) is 0 Å². The maximum Gasteiger partial charge on any atom is 0.315 e. The molecule has 0 fully saturated rings. The van der Waals surface area contributed by atoms with Gasteiger partial charge in [-0.2, -0.15) is 0 Å². The van der Waals surface area contributed by atoms with E-state index in [0.717, 1.165) is 12.1 Å². The van der Waals surface area contributed by atoms with Crippen LogP contribution < -0.4 is 10.6 Å². The molecule has 15 heavy (non-hydrogen) atoms. The van der Waals surface area contributed by atoms with Crippen molar-refractivity contribution < 1.29 is 9.90 Å². The zero-order valence-corrected chi connectivity index (χ0v) is 9.38. The summed E-state index contributed by atoms with van der Waals surface area (Å²) in [6, 6.07) is -0.476. The largest absolute Gasteiger partial charge is 0.394 e. The molecule has 6 heteroatoms. The Bertz CT molecular complexity index is 290. The van der Waals surface area contributed by atoms with Gasteiger partial charge in [-0.1, -0.05) is 0 Å². The lowest BCUT2D eigenvalue weighted by Crippen LogP contribution is -2.42. The van der Waals surface area contributed by atoms with Gasteiger partial charge in [-0.3, -0.25) is 0 Å². The van der Waals surface area contributed by atoms with Gasteiger partial charge in [-0.15, -0.1) is 11.3 Å². The highest BCUT2D eigenvalue weighted by Crippen LogP contribution is 2.00. The van der Waals surface area contributed by atoms with Crippen LogP contribution in [0.25, 0.3) is 0 Å². The Morgan fingerprint density at radius 3 is 3.13 bits per heavy atom. The molecule has 84 valence electrons. The van der Waals surface area contributed by atoms with E-state index in [1.807, 2.05) is 5.38 Å². The summed E-state index contributed by atoms with van der Waals surface area (Å²) in [6.07, 6.45) is 0.727. The third kappa shape index (κ3) is 4.75. The zero-order valence-electron chi connectivity index (χ0n) is 8.56. The molecule has 0 saturated carbocycles. The van der Waals surface area contributed by atoms with Crippen LogP contribution in [-0.4, -0.2) is 35.3 Å². The molecule has 0 saturated heterocycles. The van der Waals surface area contributed by atoms with Crippen molar-refractivity contribution in [2.45, 2.75) is 19.4 Å². The molecular formula is C9H15N3O2S. The molecule has 5 nitrogen and oxygen atoms in total. The third-order valence-electron chi connectivity index (χ3n) is 1.80. The van der Waals surface area contributed by atoms with Gasteiger partial charge in [-0.25, -0.2) is 9.78 Å². The number of carbonyl (C=O) groups excluding carboxylic acids is 1. The second-order valence-corrected chi connectivity index (χ2v) is 3.93. The topological polar surface area (TPSA) is 74.2 Å². The van der Waals surface area contributed by atoms with E-state index in [4.69, 9.17) is 5.11 Å². The van der Waals surface area contributed by atoms with Crippen molar-refractivity contribution in [2.24, 2.45) is 0 Å². The standard InChI is InChI=1S/C9H15N3O2S/c1-7(4-13)12-9(14)10-3-2-8-5-15-6-11-8/h5-7,13H,2-4H2,1H3,(H2,10,12,14). The Kier molecular flexibility index (Phi) is 5.06. The number of thiazole rings is 1. The number of amides is 2. The monoisotopic (exact) mass is 229 g/mol. The summed E-state index contributed by atoms with van der Waals surface area (Å²) < 4.78 is 0. The molecule has 0 aromatic carbocycles. The first-order valence-corrected chi connectivity index (χ1v) is 5.69. The molecule has 0 aliphatic rings. The number of nitrogens with one attached hydrogen (secondary N) is 2. The molecule has 1 aromatic heterocycles. The Morgan fingerprint density at radius 1 is 1.73 bits per heavy atom. The number of rotatable bonds is 5. The van der Waals surface area contributed by atoms with Crippen molar-refractivity contribution in [1.82, 2.24) is 15.6 Å². The smallest absolute Gasteiger partial charge is 0.315 e. The number of carbonyl (C=O) groups is 1. The lowest BCUT2D eigenvalue weighted by Gasteiger charge is -2.11. The van der Waals surface area contributed by atoms with Gasteiger partial charge >= 0.3 is 6.03 Å². The van der Waals surface area contributed by atoms with Gasteiger partial charge in [0.1, 0.15) is 0 Å². The van der Waals surface area contributed by atoms with Gasteiger partial charge in [0, 0.05) is 18.3 Å². The normalized spacial score (nSPS) is 12.1. The average Bonchev–Trinajstić information content (AvgIpc) is 2.70. The highest BCUT2D eigenvalue weighted by Gasteiger charge is 2.04. The van der Waals surface area contributed by atoms with E-state index >= 15 is 0 Å². The van der Waals surface area contributed by atoms with Gasteiger partial charge < -0.3 is 15.7 Å². The minimum atomic E-state index is -0.258. The fourth-order valence-corrected chi connectivity index (χ4v) is 1.58. The number of aliphatic hydroxyl groups excluding tert-OH is 1. The summed E-state index contributed by atoms with van der Waals surface area (Å²) in [5.41, 5.74) is 2.75. The lowest BCUT2D eigenvalue weighted by atomic mass is 10.3. The molecule has 0 spiro atoms. The maximum absolute atomic E-state index is 11.2. The minimum absolute atomic E-state index is 0.0560. The number of aromatic nitrogens is 1. The SMILES string of the molecule is CC(CO)NC(=O)NCCc1cscn1. The fourth-order valence-electron chi connectivity index (χ4n) is 0.986. The number of hydrogen-bond acceptors (Lipinski definition) is 4. The summed E-state index contributed by atoms with van der Waals surface area (Å²) in [5, 5.41) is 15.9. The Morgan fingerprint density at radius 2 is 2.53 bits per heavy atom. The van der Waals surface area contributed by atoms with Gasteiger partial charge in [0.25, 0.3) is 0 Å². The molecule has 1 rings (SSSR count). The average molecular weight is 229 g/mol. The van der Waals surface area contributed by atoms with Crippen LogP contribution in [0.5, 0.6) is 0 Å². The van der Waals surface area contributed by atoms with E-state index < -0.39 is 0 Å². The van der Waals surface area contributed by atoms with Crippen LogP contribution in [-0.2, 0) is 6.42 Å². The lowest BCUT2D eigenvalue weighted by molar-refractivity contribution is 0.220. The molecule has 0 radical (unpaired) electrons. The molecule has 1 heterocycles. The van der Waals surface area contributed by atoms with Crippen molar-refractivity contribution in [3.63, 3.8) is 0 Å². The van der Waals surface area contributed by atoms with Crippen LogP contribution >= 0.6 is 11.3 Å². The van der Waals surface area contributed by atoms with Crippen LogP contribution in [0.2, 0.25) is 0 Å². The van der Waals surface area contributed by atoms with E-state index in [1.54, 1.807) is 23.8 Å². The molecule has 3 N–H and O–H groups in total. The first kappa shape index (κ1) is 11.9. The van der Waals surface area contributed by atoms with Gasteiger partial charge in [-0.05, 0) is 6.92 Å². The maximum atomic E-state index is 11.2. The zero-order chi connectivity index (χ0) is 11.1. The highest BCUT2D eigenvalue weighted by atomic mass is 32.1. The van der Waals surface area contributed by atoms with Gasteiger partial charge in [0.15, 0.2) is 0 Å². The number of hydrogen-bond donors (Lipinski definition) is 3. The minimum Gasteiger partial charge on any atom is -0.394 e. The van der Waals surface area contributed by atoms with E-state index in [-0.39, 0.29) is 18.7 Å². The van der Waals surface area contributed by atoms with Crippen LogP contribution in [0.3, 0.4) is 0 Å². The van der Waals surface area contributed by atoms with Crippen LogP contribution in [0.1, 0.15) is 12.6 Å². The highest BCUT2D eigenvalue weighted by molar-refractivity contribution is 7.07. The first-order chi connectivity index (χ1) is 7.22. The molecule has 0 aliphatic carbocycles. The Labute approximate surface area is 92.5 Å². The molecule has 2 amide bonds. The van der Waals surface area contributed by atoms with Gasteiger partial charge in [0.05, 0.1) is 23.9 Å². The number of aliphatic hydroxyl groups is 1. The molecule has 0 bridgehead atoms. The van der Waals surface area contributed by atoms with Crippen molar-refractivity contribution >= 4 is 17.4 Å². The Hall–Kier alpha value is -1.14. The van der Waals surface area contributed by atoms with E-state index in [1.165, 1.54) is 0 Å². The summed E-state index contributed by atoms with van der Waals surface area (Å²) in [6.45, 7) is 2.23.